The van der Waals surface area contributed by atoms with Crippen LogP contribution in [-0.4, -0.2) is 6.71 Å². The summed E-state index contributed by atoms with van der Waals surface area (Å²) in [7, 11) is 0. The number of hydrogen-bond donors (Lipinski definition) is 0. The molecule has 408 valence electrons. The quantitative estimate of drug-likeness (QED) is 0.155. The third-order valence-electron chi connectivity index (χ3n) is 17.3. The first-order valence-electron chi connectivity index (χ1n) is 29.4. The summed E-state index contributed by atoms with van der Waals surface area (Å²) in [6, 6.07) is 67.9. The lowest BCUT2D eigenvalue weighted by molar-refractivity contribution is 0.590. The molecular formula is C76H80BN3O. The van der Waals surface area contributed by atoms with Gasteiger partial charge in [-0.1, -0.05) is 218 Å². The van der Waals surface area contributed by atoms with Gasteiger partial charge in [0.05, 0.1) is 5.69 Å². The van der Waals surface area contributed by atoms with Crippen molar-refractivity contribution in [1.82, 2.24) is 0 Å². The Bertz CT molecular complexity index is 3990. The van der Waals surface area contributed by atoms with E-state index in [2.05, 4.69) is 308 Å². The molecule has 0 unspecified atom stereocenters. The Morgan fingerprint density at radius 2 is 0.815 bits per heavy atom. The molecule has 4 nitrogen and oxygen atoms in total. The summed E-state index contributed by atoms with van der Waals surface area (Å²) in [6.07, 6.45) is 0. The first-order chi connectivity index (χ1) is 38.1. The Hall–Kier alpha value is -7.76. The second kappa shape index (κ2) is 18.9. The lowest BCUT2D eigenvalue weighted by Crippen LogP contribution is -2.61. The van der Waals surface area contributed by atoms with Gasteiger partial charge in [0.25, 0.3) is 6.71 Å². The van der Waals surface area contributed by atoms with Gasteiger partial charge in [0, 0.05) is 50.6 Å². The van der Waals surface area contributed by atoms with E-state index in [0.29, 0.717) is 0 Å². The van der Waals surface area contributed by atoms with Crippen molar-refractivity contribution in [3.8, 4) is 11.1 Å². The smallest absolute Gasteiger partial charge is 0.252 e. The number of rotatable bonds is 6. The number of nitrogens with zero attached hydrogens (tertiary/aromatic N) is 3. The number of benzene rings is 9. The van der Waals surface area contributed by atoms with Gasteiger partial charge >= 0.3 is 0 Å². The van der Waals surface area contributed by atoms with Gasteiger partial charge in [0.2, 0.25) is 0 Å². The molecule has 0 bridgehead atoms. The van der Waals surface area contributed by atoms with E-state index in [4.69, 9.17) is 4.42 Å². The van der Waals surface area contributed by atoms with Gasteiger partial charge in [-0.2, -0.15) is 0 Å². The van der Waals surface area contributed by atoms with E-state index < -0.39 is 0 Å². The number of fused-ring (bicyclic) bond motifs is 7. The van der Waals surface area contributed by atoms with Gasteiger partial charge in [0.1, 0.15) is 11.3 Å². The van der Waals surface area contributed by atoms with Crippen LogP contribution in [0.4, 0.5) is 51.2 Å². The highest BCUT2D eigenvalue weighted by Crippen LogP contribution is 2.54. The van der Waals surface area contributed by atoms with Crippen molar-refractivity contribution in [3.05, 3.63) is 215 Å². The second-order valence-corrected chi connectivity index (χ2v) is 28.6. The van der Waals surface area contributed by atoms with E-state index in [-0.39, 0.29) is 33.8 Å². The molecule has 2 aliphatic heterocycles. The fraction of sp³-hybridized carbons (Fsp3) is 0.289. The Balaban J connectivity index is 1.29. The Kier molecular flexibility index (Phi) is 12.6. The Labute approximate surface area is 483 Å². The Morgan fingerprint density at radius 1 is 0.383 bits per heavy atom. The standard InChI is InChI=1S/C76H80BN3O/c1-47-40-48(2)42-49(41-47)50-43-65-68-66(44-50)80(59-37-28-54(29-38-59)75(12,13)14)69-63(77(68)62-45-55(76(15,16)17)30-39-64(62)79(65)58-35-26-53(27-36-58)74(9,10)11)46-61-60-20-18-19-21-67(60)81-71(61)70(69)78(56-31-22-51(23-32-56)72(3,4)5)57-33-24-52(25-34-57)73(6,7)8/h18-46H,1-17H3. The fourth-order valence-electron chi connectivity index (χ4n) is 12.7. The van der Waals surface area contributed by atoms with Crippen LogP contribution in [0.15, 0.2) is 180 Å². The largest absolute Gasteiger partial charge is 0.454 e. The summed E-state index contributed by atoms with van der Waals surface area (Å²) in [5.41, 5.74) is 26.5. The molecule has 0 fully saturated rings. The average molecular weight is 1060 g/mol. The molecule has 9 aromatic carbocycles. The zero-order chi connectivity index (χ0) is 57.5. The third-order valence-corrected chi connectivity index (χ3v) is 17.3. The molecule has 5 heteroatoms. The second-order valence-electron chi connectivity index (χ2n) is 28.6. The maximum Gasteiger partial charge on any atom is 0.252 e. The van der Waals surface area contributed by atoms with Crippen LogP contribution >= 0.6 is 0 Å². The van der Waals surface area contributed by atoms with Gasteiger partial charge in [-0.15, -0.1) is 0 Å². The van der Waals surface area contributed by atoms with E-state index in [1.165, 1.54) is 77.8 Å². The number of para-hydroxylation sites is 1. The number of furan rings is 1. The summed E-state index contributed by atoms with van der Waals surface area (Å²) < 4.78 is 7.46. The van der Waals surface area contributed by atoms with Crippen LogP contribution in [0.2, 0.25) is 0 Å². The molecule has 0 radical (unpaired) electrons. The average Bonchev–Trinajstić information content (AvgIpc) is 3.96. The molecule has 0 saturated carbocycles. The minimum Gasteiger partial charge on any atom is -0.454 e. The first kappa shape index (κ1) is 53.9. The molecule has 81 heavy (non-hydrogen) atoms. The highest BCUT2D eigenvalue weighted by Gasteiger charge is 2.47. The molecule has 3 heterocycles. The van der Waals surface area contributed by atoms with E-state index in [1.807, 2.05) is 0 Å². The van der Waals surface area contributed by atoms with Crippen LogP contribution in [-0.2, 0) is 27.1 Å². The van der Waals surface area contributed by atoms with Crippen LogP contribution in [0.5, 0.6) is 0 Å². The molecule has 0 spiro atoms. The molecular weight excluding hydrogens is 982 g/mol. The molecule has 0 N–H and O–H groups in total. The predicted octanol–water partition coefficient (Wildman–Crippen LogP) is 19.9. The van der Waals surface area contributed by atoms with E-state index in [9.17, 15) is 0 Å². The third kappa shape index (κ3) is 9.45. The number of hydrogen-bond acceptors (Lipinski definition) is 4. The highest BCUT2D eigenvalue weighted by molar-refractivity contribution is 7.00. The van der Waals surface area contributed by atoms with Crippen LogP contribution in [0.3, 0.4) is 0 Å². The lowest BCUT2D eigenvalue weighted by Gasteiger charge is -2.46. The molecule has 0 atom stereocenters. The molecule has 1 aromatic heterocycles. The van der Waals surface area contributed by atoms with Gasteiger partial charge < -0.3 is 19.1 Å². The fourth-order valence-corrected chi connectivity index (χ4v) is 12.7. The number of anilines is 9. The molecule has 10 aromatic rings. The van der Waals surface area contributed by atoms with Crippen LogP contribution in [0.1, 0.15) is 143 Å². The van der Waals surface area contributed by atoms with E-state index in [1.54, 1.807) is 0 Å². The zero-order valence-electron chi connectivity index (χ0n) is 51.1. The van der Waals surface area contributed by atoms with Crippen molar-refractivity contribution in [2.24, 2.45) is 0 Å². The van der Waals surface area contributed by atoms with E-state index in [0.717, 1.165) is 61.8 Å². The maximum atomic E-state index is 7.46. The SMILES string of the molecule is Cc1cc(C)cc(-c2cc3c4c(c2)N(c2ccc(C(C)(C)C)cc2)c2c(cc5c(oc6ccccc65)c2N(c2ccc(C(C)(C)C)cc2)c2ccc(C(C)(C)C)cc2)B4c2cc(C(C)(C)C)ccc2N3c2ccc(C(C)(C)C)cc2)c1. The Morgan fingerprint density at radius 3 is 1.31 bits per heavy atom. The van der Waals surface area contributed by atoms with Crippen molar-refractivity contribution < 1.29 is 4.42 Å². The first-order valence-corrected chi connectivity index (χ1v) is 29.4. The summed E-state index contributed by atoms with van der Waals surface area (Å²) >= 11 is 0. The summed E-state index contributed by atoms with van der Waals surface area (Å²) in [6.45, 7) is 38.9. The molecule has 12 rings (SSSR count). The van der Waals surface area contributed by atoms with Gasteiger partial charge in [-0.25, -0.2) is 0 Å². The van der Waals surface area contributed by atoms with Crippen LogP contribution in [0.25, 0.3) is 33.1 Å². The maximum absolute atomic E-state index is 7.46. The monoisotopic (exact) mass is 1060 g/mol. The number of aryl methyl sites for hydroxylation is 2. The van der Waals surface area contributed by atoms with Gasteiger partial charge in [-0.05, 0) is 169 Å². The lowest BCUT2D eigenvalue weighted by atomic mass is 9.33. The normalized spacial score (nSPS) is 13.7. The van der Waals surface area contributed by atoms with Gasteiger partial charge in [-0.3, -0.25) is 0 Å². The van der Waals surface area contributed by atoms with E-state index >= 15 is 0 Å². The van der Waals surface area contributed by atoms with Crippen molar-refractivity contribution in [1.29, 1.82) is 0 Å². The van der Waals surface area contributed by atoms with Crippen LogP contribution < -0.4 is 31.1 Å². The summed E-state index contributed by atoms with van der Waals surface area (Å²) in [5.74, 6) is 0. The molecule has 0 saturated heterocycles. The van der Waals surface area contributed by atoms with Crippen molar-refractivity contribution in [2.75, 3.05) is 14.7 Å². The van der Waals surface area contributed by atoms with Crippen molar-refractivity contribution in [3.63, 3.8) is 0 Å². The minimum absolute atomic E-state index is 0.00264. The highest BCUT2D eigenvalue weighted by atomic mass is 16.3. The van der Waals surface area contributed by atoms with Crippen molar-refractivity contribution >= 4 is 96.2 Å². The summed E-state index contributed by atoms with van der Waals surface area (Å²) in [4.78, 5) is 7.70. The molecule has 0 amide bonds. The topological polar surface area (TPSA) is 22.9 Å². The summed E-state index contributed by atoms with van der Waals surface area (Å²) in [5, 5.41) is 2.19. The van der Waals surface area contributed by atoms with Crippen molar-refractivity contribution in [2.45, 2.75) is 145 Å². The predicted molar refractivity (Wildman–Crippen MR) is 351 cm³/mol. The zero-order valence-corrected chi connectivity index (χ0v) is 51.1. The van der Waals surface area contributed by atoms with Crippen LogP contribution in [0, 0.1) is 13.8 Å². The minimum atomic E-state index is -0.184. The van der Waals surface area contributed by atoms with Gasteiger partial charge in [0.15, 0.2) is 5.58 Å². The molecule has 0 aliphatic carbocycles. The molecule has 2 aliphatic rings.